The van der Waals surface area contributed by atoms with Crippen LogP contribution in [0.3, 0.4) is 0 Å². The largest absolute Gasteiger partial charge is 0.505 e. The Kier molecular flexibility index (Phi) is 6.48. The van der Waals surface area contributed by atoms with Crippen molar-refractivity contribution in [3.63, 3.8) is 0 Å². The van der Waals surface area contributed by atoms with Crippen molar-refractivity contribution < 1.29 is 23.3 Å². The molecular formula is C22H26N5O6PS2. The minimum absolute atomic E-state index is 0.0719. The summed E-state index contributed by atoms with van der Waals surface area (Å²) in [5.41, 5.74) is 0.881. The van der Waals surface area contributed by atoms with Crippen molar-refractivity contribution in [3.8, 4) is 17.0 Å². The van der Waals surface area contributed by atoms with Gasteiger partial charge in [0.05, 0.1) is 23.3 Å². The molecular weight excluding hydrogens is 525 g/mol. The standard InChI is InChI=1S/C22H26N5O6PS2/c1-3-33-34(30)17-10-15(26-36(2,31)32)6-7-16(17)23-21(25-34)18-20(28)19(14-8-9-35-12-14)24-27(22(18)29)11-13-4-5-13/h6-10,12-13,26,28,31-32H,3-5,11H2,1-2H3,(H,23,25,30). The minimum atomic E-state index is -3.91. The molecule has 1 aliphatic heterocycles. The van der Waals surface area contributed by atoms with E-state index in [1.165, 1.54) is 28.3 Å². The molecule has 1 unspecified atom stereocenters. The highest BCUT2D eigenvalue weighted by molar-refractivity contribution is 8.24. The van der Waals surface area contributed by atoms with Gasteiger partial charge < -0.3 is 14.9 Å². The lowest BCUT2D eigenvalue weighted by Gasteiger charge is -2.30. The quantitative estimate of drug-likeness (QED) is 0.254. The summed E-state index contributed by atoms with van der Waals surface area (Å²) in [5, 5.41) is 22.5. The molecule has 1 fully saturated rings. The first-order chi connectivity index (χ1) is 17.1. The number of nitrogens with zero attached hydrogens (tertiary/aromatic N) is 3. The Balaban J connectivity index is 1.66. The maximum absolute atomic E-state index is 14.0. The van der Waals surface area contributed by atoms with E-state index in [0.717, 1.165) is 12.8 Å². The molecule has 0 amide bonds. The average molecular weight is 552 g/mol. The van der Waals surface area contributed by atoms with Gasteiger partial charge in [0, 0.05) is 23.7 Å². The van der Waals surface area contributed by atoms with E-state index in [4.69, 9.17) is 4.52 Å². The van der Waals surface area contributed by atoms with E-state index in [9.17, 15) is 23.6 Å². The van der Waals surface area contributed by atoms with Gasteiger partial charge in [-0.3, -0.25) is 23.2 Å². The Morgan fingerprint density at radius 3 is 2.75 bits per heavy atom. The second kappa shape index (κ2) is 9.33. The number of aromatic hydroxyl groups is 1. The average Bonchev–Trinajstić information content (AvgIpc) is 3.45. The number of hydrogen-bond acceptors (Lipinski definition) is 10. The molecule has 0 radical (unpaired) electrons. The summed E-state index contributed by atoms with van der Waals surface area (Å²) in [4.78, 5) is 13.5. The molecule has 0 bridgehead atoms. The molecule has 1 aromatic carbocycles. The summed E-state index contributed by atoms with van der Waals surface area (Å²) in [6, 6.07) is 6.40. The number of fused-ring (bicyclic) bond motifs is 1. The summed E-state index contributed by atoms with van der Waals surface area (Å²) >= 11 is 1.43. The Bertz CT molecular complexity index is 1450. The van der Waals surface area contributed by atoms with E-state index in [-0.39, 0.29) is 34.8 Å². The smallest absolute Gasteiger partial charge is 0.348 e. The second-order valence-corrected chi connectivity index (χ2v) is 13.3. The molecule has 3 aromatic rings. The highest BCUT2D eigenvalue weighted by atomic mass is 32.3. The zero-order valence-corrected chi connectivity index (χ0v) is 22.1. The molecule has 5 rings (SSSR count). The molecule has 14 heteroatoms. The van der Waals surface area contributed by atoms with Gasteiger partial charge in [-0.15, -0.1) is 10.8 Å². The molecule has 1 atom stereocenters. The van der Waals surface area contributed by atoms with Crippen LogP contribution in [-0.4, -0.2) is 42.7 Å². The minimum Gasteiger partial charge on any atom is -0.505 e. The Morgan fingerprint density at radius 2 is 2.11 bits per heavy atom. The molecule has 11 nitrogen and oxygen atoms in total. The van der Waals surface area contributed by atoms with Gasteiger partial charge in [-0.25, -0.2) is 4.68 Å². The highest BCUT2D eigenvalue weighted by Crippen LogP contribution is 2.53. The van der Waals surface area contributed by atoms with Crippen LogP contribution in [-0.2, 0) is 15.6 Å². The number of amidine groups is 1. The van der Waals surface area contributed by atoms with E-state index in [2.05, 4.69) is 19.9 Å². The Hall–Kier alpha value is -2.67. The lowest BCUT2D eigenvalue weighted by molar-refractivity contribution is 0.341. The lowest BCUT2D eigenvalue weighted by Crippen LogP contribution is -2.35. The first-order valence-electron chi connectivity index (χ1n) is 11.2. The molecule has 3 heterocycles. The molecule has 1 aliphatic carbocycles. The molecule has 2 aliphatic rings. The fourth-order valence-electron chi connectivity index (χ4n) is 3.92. The Labute approximate surface area is 212 Å². The molecule has 0 saturated heterocycles. The molecule has 0 spiro atoms. The summed E-state index contributed by atoms with van der Waals surface area (Å²) in [6.45, 7) is 2.15. The maximum atomic E-state index is 14.0. The van der Waals surface area contributed by atoms with E-state index >= 15 is 0 Å². The third-order valence-corrected chi connectivity index (χ3v) is 9.05. The SMILES string of the molecule is CCOP1(=O)N=C(c2c(O)c(-c3ccsc3)nn(CC3CC3)c2=O)Nc2ccc(NS(C)(O)O)cc21. The summed E-state index contributed by atoms with van der Waals surface area (Å²) in [7, 11) is -6.98. The van der Waals surface area contributed by atoms with E-state index in [1.807, 2.05) is 10.8 Å². The number of aromatic nitrogens is 2. The van der Waals surface area contributed by atoms with Gasteiger partial charge in [-0.05, 0) is 55.3 Å². The summed E-state index contributed by atoms with van der Waals surface area (Å²) in [5.74, 6) is -0.0942. The number of nitrogens with one attached hydrogen (secondary N) is 2. The van der Waals surface area contributed by atoms with Crippen LogP contribution in [0.25, 0.3) is 11.3 Å². The number of benzene rings is 1. The molecule has 36 heavy (non-hydrogen) atoms. The first-order valence-corrected chi connectivity index (χ1v) is 15.7. The van der Waals surface area contributed by atoms with E-state index < -0.39 is 23.9 Å². The Morgan fingerprint density at radius 1 is 1.33 bits per heavy atom. The number of rotatable bonds is 8. The topological polar surface area (TPSA) is 158 Å². The third kappa shape index (κ3) is 4.95. The summed E-state index contributed by atoms with van der Waals surface area (Å²) < 4.78 is 47.3. The fraction of sp³-hybridized carbons (Fsp3) is 0.318. The fourth-order valence-corrected chi connectivity index (χ4v) is 6.94. The summed E-state index contributed by atoms with van der Waals surface area (Å²) in [6.07, 6.45) is 3.24. The van der Waals surface area contributed by atoms with E-state index in [1.54, 1.807) is 25.1 Å². The molecule has 2 aromatic heterocycles. The molecule has 5 N–H and O–H groups in total. The molecule has 1 saturated carbocycles. The second-order valence-electron chi connectivity index (χ2n) is 8.69. The van der Waals surface area contributed by atoms with Gasteiger partial charge >= 0.3 is 7.52 Å². The van der Waals surface area contributed by atoms with Gasteiger partial charge in [-0.1, -0.05) is 0 Å². The number of thiophene rings is 1. The van der Waals surface area contributed by atoms with Crippen molar-refractivity contribution in [2.75, 3.05) is 22.9 Å². The predicted molar refractivity (Wildman–Crippen MR) is 144 cm³/mol. The van der Waals surface area contributed by atoms with Gasteiger partial charge in [-0.2, -0.15) is 21.2 Å². The van der Waals surface area contributed by atoms with Crippen molar-refractivity contribution in [2.24, 2.45) is 10.7 Å². The van der Waals surface area contributed by atoms with Gasteiger partial charge in [0.15, 0.2) is 11.6 Å². The number of anilines is 2. The number of hydrogen-bond donors (Lipinski definition) is 5. The van der Waals surface area contributed by atoms with Crippen LogP contribution in [0, 0.1) is 5.92 Å². The monoisotopic (exact) mass is 551 g/mol. The third-order valence-electron chi connectivity index (χ3n) is 5.69. The molecule has 192 valence electrons. The zero-order chi connectivity index (χ0) is 25.7. The van der Waals surface area contributed by atoms with E-state index in [0.29, 0.717) is 29.4 Å². The zero-order valence-electron chi connectivity index (χ0n) is 19.5. The van der Waals surface area contributed by atoms with Crippen molar-refractivity contribution in [1.29, 1.82) is 0 Å². The van der Waals surface area contributed by atoms with Crippen LogP contribution >= 0.6 is 29.6 Å². The van der Waals surface area contributed by atoms with Crippen molar-refractivity contribution >= 4 is 52.1 Å². The lowest BCUT2D eigenvalue weighted by atomic mass is 10.1. The van der Waals surface area contributed by atoms with Crippen LogP contribution in [0.4, 0.5) is 11.4 Å². The van der Waals surface area contributed by atoms with Crippen LogP contribution < -0.4 is 20.9 Å². The normalized spacial score (nSPS) is 19.8. The van der Waals surface area contributed by atoms with Gasteiger partial charge in [0.1, 0.15) is 11.3 Å². The van der Waals surface area contributed by atoms with Crippen molar-refractivity contribution in [3.05, 3.63) is 50.9 Å². The highest BCUT2D eigenvalue weighted by Gasteiger charge is 2.37. The van der Waals surface area contributed by atoms with Crippen molar-refractivity contribution in [1.82, 2.24) is 9.78 Å². The van der Waals surface area contributed by atoms with Crippen LogP contribution in [0.15, 0.2) is 44.6 Å². The maximum Gasteiger partial charge on any atom is 0.348 e. The van der Waals surface area contributed by atoms with Crippen LogP contribution in [0.5, 0.6) is 5.75 Å². The van der Waals surface area contributed by atoms with Gasteiger partial charge in [0.25, 0.3) is 5.56 Å². The van der Waals surface area contributed by atoms with Crippen LogP contribution in [0.2, 0.25) is 0 Å². The van der Waals surface area contributed by atoms with Gasteiger partial charge in [0.2, 0.25) is 0 Å². The van der Waals surface area contributed by atoms with Crippen molar-refractivity contribution in [2.45, 2.75) is 26.3 Å². The predicted octanol–water partition coefficient (Wildman–Crippen LogP) is 4.52. The van der Waals surface area contributed by atoms with Crippen LogP contribution in [0.1, 0.15) is 25.3 Å². The first kappa shape index (κ1) is 25.0.